The van der Waals surface area contributed by atoms with Gasteiger partial charge in [0.2, 0.25) is 0 Å². The van der Waals surface area contributed by atoms with Crippen LogP contribution in [0, 0.1) is 133 Å². The predicted molar refractivity (Wildman–Crippen MR) is 252 cm³/mol. The molecule has 0 spiro atoms. The number of rotatable bonds is 5. The highest BCUT2D eigenvalue weighted by molar-refractivity contribution is 6.33. The number of carbonyl (C=O) groups excluding carboxylic acids is 2. The molecule has 4 rings (SSSR count). The zero-order chi connectivity index (χ0) is 49.0. The van der Waals surface area contributed by atoms with Gasteiger partial charge in [-0.15, -0.1) is 0 Å². The summed E-state index contributed by atoms with van der Waals surface area (Å²) in [5.41, 5.74) is 22.4. The Morgan fingerprint density at radius 3 is 0.935 bits per heavy atom. The van der Waals surface area contributed by atoms with Gasteiger partial charge in [-0.05, 0) is 200 Å². The second-order valence-corrected chi connectivity index (χ2v) is 16.1. The van der Waals surface area contributed by atoms with Crippen LogP contribution in [0.4, 0.5) is 5.69 Å². The number of hydrogen-bond acceptors (Lipinski definition) is 8. The van der Waals surface area contributed by atoms with E-state index < -0.39 is 11.9 Å². The highest BCUT2D eigenvalue weighted by Crippen LogP contribution is 2.33. The van der Waals surface area contributed by atoms with Crippen LogP contribution < -0.4 is 5.73 Å². The molecule has 0 aliphatic rings. The summed E-state index contributed by atoms with van der Waals surface area (Å²) in [4.78, 5) is 45.5. The first-order valence-electron chi connectivity index (χ1n) is 19.4. The van der Waals surface area contributed by atoms with Crippen LogP contribution in [0.2, 0.25) is 15.1 Å². The molecule has 0 aliphatic heterocycles. The van der Waals surface area contributed by atoms with Crippen LogP contribution in [0.1, 0.15) is 144 Å². The maximum Gasteiger partial charge on any atom is 0.338 e. The fraction of sp³-hybridized carbons (Fsp3) is 0.388. The molecule has 0 aromatic heterocycles. The van der Waals surface area contributed by atoms with Crippen molar-refractivity contribution in [2.24, 2.45) is 0 Å². The maximum absolute atomic E-state index is 11.8. The Kier molecular flexibility index (Phi) is 22.2. The van der Waals surface area contributed by atoms with E-state index in [4.69, 9.17) is 66.0 Å². The molecule has 0 radical (unpaired) electrons. The average molecular weight is 909 g/mol. The summed E-state index contributed by atoms with van der Waals surface area (Å²) in [5, 5.41) is 36.1. The number of methoxy groups -OCH3 is 1. The molecular formula is C49H60Cl3N3O7. The smallest absolute Gasteiger partial charge is 0.338 e. The number of carbonyl (C=O) groups is 4. The third kappa shape index (κ3) is 12.6. The van der Waals surface area contributed by atoms with Crippen LogP contribution in [-0.2, 0) is 4.74 Å². The molecule has 0 aliphatic carbocycles. The van der Waals surface area contributed by atoms with Gasteiger partial charge in [0.25, 0.3) is 0 Å². The van der Waals surface area contributed by atoms with Crippen LogP contribution in [-0.4, -0.2) is 41.0 Å². The molecule has 0 saturated carbocycles. The second kappa shape index (κ2) is 24.3. The first-order valence-corrected chi connectivity index (χ1v) is 20.5. The van der Waals surface area contributed by atoms with Crippen molar-refractivity contribution in [3.05, 3.63) is 126 Å². The number of ether oxygens (including phenoxy) is 1. The van der Waals surface area contributed by atoms with Gasteiger partial charge in [-0.2, -0.15) is 10.5 Å². The van der Waals surface area contributed by atoms with Crippen molar-refractivity contribution in [2.45, 2.75) is 124 Å². The zero-order valence-corrected chi connectivity index (χ0v) is 41.5. The minimum Gasteiger partial charge on any atom is -0.478 e. The lowest BCUT2D eigenvalue weighted by Crippen LogP contribution is -2.09. The number of anilines is 1. The molecular weight excluding hydrogens is 849 g/mol. The number of carboxylic acid groups (broad SMARTS) is 2. The average Bonchev–Trinajstić information content (AvgIpc) is 3.21. The summed E-state index contributed by atoms with van der Waals surface area (Å²) in [6, 6.07) is 3.64. The van der Waals surface area contributed by atoms with E-state index >= 15 is 0 Å². The fourth-order valence-corrected chi connectivity index (χ4v) is 7.62. The van der Waals surface area contributed by atoms with Gasteiger partial charge in [0.15, 0.2) is 5.78 Å². The summed E-state index contributed by atoms with van der Waals surface area (Å²) in [6.07, 6.45) is -0.0812. The number of nitrogen functional groups attached to an aromatic ring is 1. The van der Waals surface area contributed by atoms with Crippen molar-refractivity contribution in [3.8, 4) is 12.1 Å². The predicted octanol–water partition coefficient (Wildman–Crippen LogP) is 13.0. The summed E-state index contributed by atoms with van der Waals surface area (Å²) < 4.78 is 4.77. The number of esters is 1. The van der Waals surface area contributed by atoms with E-state index in [2.05, 4.69) is 0 Å². The molecule has 0 saturated heterocycles. The second-order valence-electron chi connectivity index (χ2n) is 14.9. The van der Waals surface area contributed by atoms with E-state index in [0.29, 0.717) is 38.0 Å². The first kappa shape index (κ1) is 56.6. The lowest BCUT2D eigenvalue weighted by Gasteiger charge is -2.15. The SMILES string of the molecule is CC#N.COC(=O)c1c(C)c(C)c(Cl)c(C)c1C.Cc1c(C)c(C(=O)CC#N)c(C)c(C)c1Cl.Cc1c(C)c(C(=O)O)c(C)c(C)c1Cl.Cc1c(C)c(C(=O)O)c(C)c(C)c1N. The topological polar surface area (TPSA) is 192 Å². The van der Waals surface area contributed by atoms with Gasteiger partial charge in [-0.1, -0.05) is 34.8 Å². The monoisotopic (exact) mass is 907 g/mol. The van der Waals surface area contributed by atoms with E-state index in [0.717, 1.165) is 94.0 Å². The normalized spacial score (nSPS) is 9.85. The molecule has 334 valence electrons. The third-order valence-electron chi connectivity index (χ3n) is 11.6. The van der Waals surface area contributed by atoms with Crippen molar-refractivity contribution in [2.75, 3.05) is 12.8 Å². The fourth-order valence-electron chi connectivity index (χ4n) is 6.77. The van der Waals surface area contributed by atoms with Gasteiger partial charge in [0.1, 0.15) is 0 Å². The van der Waals surface area contributed by atoms with Gasteiger partial charge in [0.05, 0.1) is 42.4 Å². The number of Topliss-reactive ketones (excluding diaryl/α,β-unsaturated/α-hetero) is 1. The number of aromatic carboxylic acids is 2. The largest absolute Gasteiger partial charge is 0.478 e. The molecule has 4 aromatic carbocycles. The minimum atomic E-state index is -0.886. The number of ketones is 1. The number of benzene rings is 4. The Balaban J connectivity index is 0.000000783. The third-order valence-corrected chi connectivity index (χ3v) is 13.3. The van der Waals surface area contributed by atoms with Crippen molar-refractivity contribution in [1.82, 2.24) is 0 Å². The highest BCUT2D eigenvalue weighted by atomic mass is 35.5. The Hall–Kier alpha value is -5.39. The number of nitrogens with two attached hydrogens (primary N) is 1. The number of nitrogens with zero attached hydrogens (tertiary/aromatic N) is 2. The van der Waals surface area contributed by atoms with Crippen molar-refractivity contribution < 1.29 is 34.1 Å². The molecule has 4 N–H and O–H groups in total. The standard InChI is InChI=1S/C13H14ClNO.C12H15ClO2.C11H13ClO2.C11H15NO2.C2H3N/c1-7-9(3)13(14)10(4)8(2)12(7)11(16)5-6-15;1-6-8(3)11(13)9(4)7(2)10(6)12(14)15-5;2*1-5-7(3)10(12)8(4)6(2)9(5)11(13)14;1-2-3/h5H2,1-4H3;1-5H3;1-4H3,(H,13,14);12H2,1-4H3,(H,13,14);1H3. The van der Waals surface area contributed by atoms with Crippen molar-refractivity contribution in [3.63, 3.8) is 0 Å². The van der Waals surface area contributed by atoms with E-state index in [1.807, 2.05) is 89.2 Å². The van der Waals surface area contributed by atoms with E-state index in [1.54, 1.807) is 33.8 Å². The Labute approximate surface area is 382 Å². The van der Waals surface area contributed by atoms with Crippen LogP contribution in [0.3, 0.4) is 0 Å². The number of halogens is 3. The number of carboxylic acids is 2. The quantitative estimate of drug-likeness (QED) is 0.0986. The van der Waals surface area contributed by atoms with Crippen molar-refractivity contribution in [1.29, 1.82) is 10.5 Å². The molecule has 0 unspecified atom stereocenters. The van der Waals surface area contributed by atoms with Gasteiger partial charge in [-0.3, -0.25) is 4.79 Å². The highest BCUT2D eigenvalue weighted by Gasteiger charge is 2.21. The summed E-state index contributed by atoms with van der Waals surface area (Å²) in [7, 11) is 1.39. The van der Waals surface area contributed by atoms with Crippen LogP contribution in [0.15, 0.2) is 0 Å². The van der Waals surface area contributed by atoms with Gasteiger partial charge >= 0.3 is 17.9 Å². The van der Waals surface area contributed by atoms with Crippen LogP contribution in [0.5, 0.6) is 0 Å². The summed E-state index contributed by atoms with van der Waals surface area (Å²) in [6.45, 7) is 31.1. The zero-order valence-electron chi connectivity index (χ0n) is 39.2. The summed E-state index contributed by atoms with van der Waals surface area (Å²) in [5.74, 6) is -2.19. The van der Waals surface area contributed by atoms with E-state index in [-0.39, 0.29) is 18.2 Å². The molecule has 0 amide bonds. The van der Waals surface area contributed by atoms with Crippen LogP contribution >= 0.6 is 34.8 Å². The molecule has 0 fully saturated rings. The Morgan fingerprint density at radius 2 is 0.710 bits per heavy atom. The lowest BCUT2D eigenvalue weighted by molar-refractivity contribution is 0.0597. The van der Waals surface area contributed by atoms with Crippen LogP contribution in [0.25, 0.3) is 0 Å². The Bertz CT molecular complexity index is 2310. The Morgan fingerprint density at radius 1 is 0.484 bits per heavy atom. The first-order chi connectivity index (χ1) is 28.5. The van der Waals surface area contributed by atoms with Gasteiger partial charge in [0, 0.05) is 33.2 Å². The minimum absolute atomic E-state index is 0.0812. The molecule has 62 heavy (non-hydrogen) atoms. The maximum atomic E-state index is 11.8. The summed E-state index contributed by atoms with van der Waals surface area (Å²) >= 11 is 18.4. The van der Waals surface area contributed by atoms with Gasteiger partial charge in [-0.25, -0.2) is 14.4 Å². The molecule has 13 heteroatoms. The molecule has 0 atom stereocenters. The number of nitriles is 2. The van der Waals surface area contributed by atoms with E-state index in [9.17, 15) is 19.2 Å². The molecule has 0 bridgehead atoms. The van der Waals surface area contributed by atoms with E-state index in [1.165, 1.54) is 14.0 Å². The number of hydrogen-bond donors (Lipinski definition) is 3. The van der Waals surface area contributed by atoms with Crippen molar-refractivity contribution >= 4 is 64.2 Å². The molecule has 4 aromatic rings. The lowest BCUT2D eigenvalue weighted by atomic mass is 9.91. The molecule has 10 nitrogen and oxygen atoms in total. The van der Waals surface area contributed by atoms with Gasteiger partial charge < -0.3 is 20.7 Å². The molecule has 0 heterocycles.